The first-order valence-electron chi connectivity index (χ1n) is 6.66. The lowest BCUT2D eigenvalue weighted by atomic mass is 10.0. The van der Waals surface area contributed by atoms with Crippen molar-refractivity contribution in [1.82, 2.24) is 0 Å². The molecule has 0 spiro atoms. The van der Waals surface area contributed by atoms with Gasteiger partial charge in [0.1, 0.15) is 5.82 Å². The van der Waals surface area contributed by atoms with Gasteiger partial charge in [0, 0.05) is 17.7 Å². The summed E-state index contributed by atoms with van der Waals surface area (Å²) in [5, 5.41) is 14.0. The van der Waals surface area contributed by atoms with Gasteiger partial charge in [0.2, 0.25) is 0 Å². The number of nitrogens with zero attached hydrogens (tertiary/aromatic N) is 1. The van der Waals surface area contributed by atoms with E-state index < -0.39 is 4.92 Å². The van der Waals surface area contributed by atoms with Crippen molar-refractivity contribution in [2.45, 2.75) is 26.8 Å². The van der Waals surface area contributed by atoms with Crippen molar-refractivity contribution in [3.8, 4) is 0 Å². The molecule has 0 aliphatic rings. The fourth-order valence-corrected chi connectivity index (χ4v) is 2.15. The molecule has 0 bridgehead atoms. The molecule has 5 heteroatoms. The summed E-state index contributed by atoms with van der Waals surface area (Å²) in [7, 11) is 0. The Kier molecular flexibility index (Phi) is 4.21. The van der Waals surface area contributed by atoms with Gasteiger partial charge in [0.25, 0.3) is 5.69 Å². The van der Waals surface area contributed by atoms with Crippen molar-refractivity contribution >= 4 is 11.4 Å². The number of hydrogen-bond donors (Lipinski definition) is 1. The molecule has 0 saturated heterocycles. The third kappa shape index (κ3) is 3.37. The van der Waals surface area contributed by atoms with Crippen LogP contribution in [0.3, 0.4) is 0 Å². The molecule has 2 rings (SSSR count). The number of halogens is 1. The molecule has 0 aliphatic heterocycles. The highest BCUT2D eigenvalue weighted by molar-refractivity contribution is 5.50. The van der Waals surface area contributed by atoms with Crippen LogP contribution in [-0.4, -0.2) is 4.92 Å². The molecule has 0 amide bonds. The predicted octanol–water partition coefficient (Wildman–Crippen LogP) is 4.52. The van der Waals surface area contributed by atoms with Gasteiger partial charge in [-0.15, -0.1) is 0 Å². The van der Waals surface area contributed by atoms with Crippen LogP contribution >= 0.6 is 0 Å². The van der Waals surface area contributed by atoms with Gasteiger partial charge in [0.05, 0.1) is 10.6 Å². The summed E-state index contributed by atoms with van der Waals surface area (Å²) in [6, 6.07) is 9.75. The normalized spacial score (nSPS) is 12.0. The van der Waals surface area contributed by atoms with E-state index in [9.17, 15) is 14.5 Å². The van der Waals surface area contributed by atoms with Crippen molar-refractivity contribution in [3.05, 3.63) is 69.0 Å². The molecular formula is C16H17FN2O2. The van der Waals surface area contributed by atoms with Crippen LogP contribution < -0.4 is 5.32 Å². The Bertz CT molecular complexity index is 686. The highest BCUT2D eigenvalue weighted by Gasteiger charge is 2.15. The van der Waals surface area contributed by atoms with Gasteiger partial charge in [0.15, 0.2) is 0 Å². The van der Waals surface area contributed by atoms with E-state index in [2.05, 4.69) is 5.32 Å². The van der Waals surface area contributed by atoms with Crippen LogP contribution in [0.2, 0.25) is 0 Å². The van der Waals surface area contributed by atoms with Crippen molar-refractivity contribution in [2.75, 3.05) is 5.32 Å². The first-order valence-corrected chi connectivity index (χ1v) is 6.66. The molecule has 0 radical (unpaired) electrons. The summed E-state index contributed by atoms with van der Waals surface area (Å²) >= 11 is 0. The molecule has 0 heterocycles. The van der Waals surface area contributed by atoms with E-state index in [0.717, 1.165) is 11.1 Å². The second-order valence-electron chi connectivity index (χ2n) is 5.15. The summed E-state index contributed by atoms with van der Waals surface area (Å²) in [4.78, 5) is 10.6. The molecule has 0 aliphatic carbocycles. The number of benzene rings is 2. The average molecular weight is 288 g/mol. The summed E-state index contributed by atoms with van der Waals surface area (Å²) in [6.45, 7) is 5.35. The maximum absolute atomic E-state index is 13.8. The molecule has 0 fully saturated rings. The van der Waals surface area contributed by atoms with Crippen molar-refractivity contribution in [3.63, 3.8) is 0 Å². The second-order valence-corrected chi connectivity index (χ2v) is 5.15. The minimum Gasteiger partial charge on any atom is -0.376 e. The second kappa shape index (κ2) is 5.91. The molecule has 2 aromatic carbocycles. The standard InChI is InChI=1S/C16H17FN2O2/c1-10-4-7-15(14(17)8-10)18-12(3)13-6-5-11(2)16(9-13)19(20)21/h4-9,12,18H,1-3H3. The maximum atomic E-state index is 13.8. The Morgan fingerprint density at radius 3 is 2.52 bits per heavy atom. The zero-order valence-corrected chi connectivity index (χ0v) is 12.2. The topological polar surface area (TPSA) is 55.2 Å². The highest BCUT2D eigenvalue weighted by Crippen LogP contribution is 2.26. The average Bonchev–Trinajstić information content (AvgIpc) is 2.42. The Labute approximate surface area is 122 Å². The zero-order valence-electron chi connectivity index (χ0n) is 12.2. The molecule has 1 atom stereocenters. The largest absolute Gasteiger partial charge is 0.376 e. The van der Waals surface area contributed by atoms with Crippen LogP contribution in [0.1, 0.15) is 29.7 Å². The van der Waals surface area contributed by atoms with Crippen LogP contribution in [-0.2, 0) is 0 Å². The number of hydrogen-bond acceptors (Lipinski definition) is 3. The van der Waals surface area contributed by atoms with Crippen LogP contribution in [0, 0.1) is 29.8 Å². The molecule has 2 aromatic rings. The molecule has 4 nitrogen and oxygen atoms in total. The number of nitrogens with one attached hydrogen (secondary N) is 1. The van der Waals surface area contributed by atoms with E-state index in [1.54, 1.807) is 19.1 Å². The minimum absolute atomic E-state index is 0.0746. The smallest absolute Gasteiger partial charge is 0.272 e. The zero-order chi connectivity index (χ0) is 15.6. The van der Waals surface area contributed by atoms with E-state index in [-0.39, 0.29) is 17.5 Å². The SMILES string of the molecule is Cc1ccc(NC(C)c2ccc(C)c([N+](=O)[O-])c2)c(F)c1. The number of rotatable bonds is 4. The third-order valence-electron chi connectivity index (χ3n) is 3.43. The molecule has 0 aromatic heterocycles. The fourth-order valence-electron chi connectivity index (χ4n) is 2.15. The van der Waals surface area contributed by atoms with Gasteiger partial charge in [-0.25, -0.2) is 4.39 Å². The Morgan fingerprint density at radius 2 is 1.90 bits per heavy atom. The van der Waals surface area contributed by atoms with E-state index in [4.69, 9.17) is 0 Å². The third-order valence-corrected chi connectivity index (χ3v) is 3.43. The number of aryl methyl sites for hydroxylation is 2. The van der Waals surface area contributed by atoms with E-state index in [1.165, 1.54) is 12.1 Å². The van der Waals surface area contributed by atoms with Gasteiger partial charge in [-0.05, 0) is 44.0 Å². The quantitative estimate of drug-likeness (QED) is 0.664. The van der Waals surface area contributed by atoms with E-state index in [1.807, 2.05) is 26.0 Å². The van der Waals surface area contributed by atoms with Crippen LogP contribution in [0.5, 0.6) is 0 Å². The Hall–Kier alpha value is -2.43. The maximum Gasteiger partial charge on any atom is 0.272 e. The molecule has 110 valence electrons. The summed E-state index contributed by atoms with van der Waals surface area (Å²) in [5.41, 5.74) is 2.66. The van der Waals surface area contributed by atoms with Gasteiger partial charge in [-0.2, -0.15) is 0 Å². The first kappa shape index (κ1) is 15.0. The van der Waals surface area contributed by atoms with Gasteiger partial charge in [-0.1, -0.05) is 18.2 Å². The Morgan fingerprint density at radius 1 is 1.19 bits per heavy atom. The molecular weight excluding hydrogens is 271 g/mol. The van der Waals surface area contributed by atoms with Gasteiger partial charge < -0.3 is 5.32 Å². The summed E-state index contributed by atoms with van der Waals surface area (Å²) in [5.74, 6) is -0.330. The number of nitro benzene ring substituents is 1. The number of nitro groups is 1. The van der Waals surface area contributed by atoms with Crippen LogP contribution in [0.15, 0.2) is 36.4 Å². The van der Waals surface area contributed by atoms with E-state index >= 15 is 0 Å². The predicted molar refractivity (Wildman–Crippen MR) is 81.0 cm³/mol. The monoisotopic (exact) mass is 288 g/mol. The molecule has 0 saturated carbocycles. The van der Waals surface area contributed by atoms with Crippen molar-refractivity contribution < 1.29 is 9.31 Å². The molecule has 1 N–H and O–H groups in total. The number of anilines is 1. The van der Waals surface area contributed by atoms with Crippen LogP contribution in [0.25, 0.3) is 0 Å². The lowest BCUT2D eigenvalue weighted by Crippen LogP contribution is -2.08. The summed E-state index contributed by atoms with van der Waals surface area (Å²) < 4.78 is 13.8. The van der Waals surface area contributed by atoms with Crippen molar-refractivity contribution in [1.29, 1.82) is 0 Å². The van der Waals surface area contributed by atoms with Crippen LogP contribution in [0.4, 0.5) is 15.8 Å². The molecule has 21 heavy (non-hydrogen) atoms. The molecule has 1 unspecified atom stereocenters. The van der Waals surface area contributed by atoms with Gasteiger partial charge in [-0.3, -0.25) is 10.1 Å². The van der Waals surface area contributed by atoms with Gasteiger partial charge >= 0.3 is 0 Å². The lowest BCUT2D eigenvalue weighted by Gasteiger charge is -2.16. The first-order chi connectivity index (χ1) is 9.88. The Balaban J connectivity index is 2.26. The highest BCUT2D eigenvalue weighted by atomic mass is 19.1. The summed E-state index contributed by atoms with van der Waals surface area (Å²) in [6.07, 6.45) is 0. The fraction of sp³-hybridized carbons (Fsp3) is 0.250. The minimum atomic E-state index is -0.405. The van der Waals surface area contributed by atoms with Crippen molar-refractivity contribution in [2.24, 2.45) is 0 Å². The van der Waals surface area contributed by atoms with E-state index in [0.29, 0.717) is 11.3 Å². The lowest BCUT2D eigenvalue weighted by molar-refractivity contribution is -0.385.